The minimum Gasteiger partial charge on any atom is -0.369 e. The van der Waals surface area contributed by atoms with Gasteiger partial charge < -0.3 is 4.74 Å². The van der Waals surface area contributed by atoms with Gasteiger partial charge in [0.25, 0.3) is 0 Å². The Labute approximate surface area is 109 Å². The van der Waals surface area contributed by atoms with Crippen LogP contribution in [0.2, 0.25) is 0 Å². The van der Waals surface area contributed by atoms with Crippen molar-refractivity contribution >= 4 is 15.9 Å². The number of hydrogen-bond acceptors (Lipinski definition) is 1. The Balaban J connectivity index is 2.42. The molecule has 1 aliphatic rings. The Morgan fingerprint density at radius 1 is 1.25 bits per heavy atom. The molecule has 1 rings (SSSR count). The molecule has 1 saturated heterocycles. The highest BCUT2D eigenvalue weighted by atomic mass is 79.9. The summed E-state index contributed by atoms with van der Waals surface area (Å²) >= 11 is 3.77. The van der Waals surface area contributed by atoms with Crippen molar-refractivity contribution < 1.29 is 4.74 Å². The van der Waals surface area contributed by atoms with Gasteiger partial charge in [-0.1, -0.05) is 29.3 Å². The Morgan fingerprint density at radius 2 is 1.88 bits per heavy atom. The number of alkyl halides is 1. The fraction of sp³-hybridized carbons (Fsp3) is 1.00. The first kappa shape index (κ1) is 14.5. The zero-order chi connectivity index (χ0) is 12.4. The van der Waals surface area contributed by atoms with Crippen molar-refractivity contribution in [1.29, 1.82) is 0 Å². The van der Waals surface area contributed by atoms with Crippen LogP contribution in [0, 0.1) is 5.92 Å². The number of hydrogen-bond donors (Lipinski definition) is 0. The van der Waals surface area contributed by atoms with E-state index >= 15 is 0 Å². The second-order valence-electron chi connectivity index (χ2n) is 6.33. The summed E-state index contributed by atoms with van der Waals surface area (Å²) in [6, 6.07) is 0. The van der Waals surface area contributed by atoms with Gasteiger partial charge in [0.15, 0.2) is 0 Å². The lowest BCUT2D eigenvalue weighted by Crippen LogP contribution is -2.29. The third-order valence-electron chi connectivity index (χ3n) is 3.69. The van der Waals surface area contributed by atoms with Crippen molar-refractivity contribution in [3.63, 3.8) is 0 Å². The van der Waals surface area contributed by atoms with Gasteiger partial charge in [-0.15, -0.1) is 0 Å². The standard InChI is InChI=1S/C14H27BrO/c1-6-7-12(15)9-8-11-10-13(2,3)16-14(11,4)5/h11-12H,6-10H2,1-5H3. The molecule has 0 saturated carbocycles. The second kappa shape index (κ2) is 5.39. The van der Waals surface area contributed by atoms with Crippen LogP contribution in [0.5, 0.6) is 0 Å². The fourth-order valence-corrected chi connectivity index (χ4v) is 3.69. The van der Waals surface area contributed by atoms with Gasteiger partial charge in [-0.05, 0) is 59.3 Å². The molecule has 1 fully saturated rings. The molecule has 0 N–H and O–H groups in total. The van der Waals surface area contributed by atoms with E-state index in [0.717, 1.165) is 0 Å². The predicted molar refractivity (Wildman–Crippen MR) is 74.2 cm³/mol. The van der Waals surface area contributed by atoms with E-state index in [1.165, 1.54) is 32.1 Å². The molecule has 96 valence electrons. The molecule has 0 aromatic carbocycles. The van der Waals surface area contributed by atoms with Crippen LogP contribution in [0.25, 0.3) is 0 Å². The first-order valence-electron chi connectivity index (χ1n) is 6.61. The first-order valence-corrected chi connectivity index (χ1v) is 7.52. The highest BCUT2D eigenvalue weighted by Crippen LogP contribution is 2.44. The number of rotatable bonds is 5. The summed E-state index contributed by atoms with van der Waals surface area (Å²) in [7, 11) is 0. The highest BCUT2D eigenvalue weighted by molar-refractivity contribution is 9.09. The van der Waals surface area contributed by atoms with Gasteiger partial charge in [-0.2, -0.15) is 0 Å². The average Bonchev–Trinajstić information content (AvgIpc) is 2.31. The van der Waals surface area contributed by atoms with Gasteiger partial charge >= 0.3 is 0 Å². The lowest BCUT2D eigenvalue weighted by Gasteiger charge is -2.27. The van der Waals surface area contributed by atoms with E-state index in [9.17, 15) is 0 Å². The Hall–Kier alpha value is 0.440. The van der Waals surface area contributed by atoms with Crippen molar-refractivity contribution in [2.75, 3.05) is 0 Å². The SMILES string of the molecule is CCCC(Br)CCC1CC(C)(C)OC1(C)C. The van der Waals surface area contributed by atoms with Crippen LogP contribution in [0.4, 0.5) is 0 Å². The molecular formula is C14H27BrO. The largest absolute Gasteiger partial charge is 0.369 e. The second-order valence-corrected chi connectivity index (χ2v) is 7.62. The van der Waals surface area contributed by atoms with E-state index in [2.05, 4.69) is 50.5 Å². The normalized spacial score (nSPS) is 29.2. The molecule has 0 spiro atoms. The summed E-state index contributed by atoms with van der Waals surface area (Å²) < 4.78 is 6.13. The molecule has 0 aliphatic carbocycles. The van der Waals surface area contributed by atoms with Gasteiger partial charge in [-0.25, -0.2) is 0 Å². The summed E-state index contributed by atoms with van der Waals surface area (Å²) in [5.74, 6) is 0.708. The Bertz CT molecular complexity index is 223. The zero-order valence-electron chi connectivity index (χ0n) is 11.5. The smallest absolute Gasteiger partial charge is 0.0662 e. The van der Waals surface area contributed by atoms with Gasteiger partial charge in [0.1, 0.15) is 0 Å². The minimum absolute atomic E-state index is 0.0580. The van der Waals surface area contributed by atoms with Gasteiger partial charge in [-0.3, -0.25) is 0 Å². The summed E-state index contributed by atoms with van der Waals surface area (Å²) in [5, 5.41) is 0. The maximum atomic E-state index is 6.13. The van der Waals surface area contributed by atoms with Crippen molar-refractivity contribution in [2.45, 2.75) is 82.8 Å². The van der Waals surface area contributed by atoms with Crippen LogP contribution < -0.4 is 0 Å². The van der Waals surface area contributed by atoms with Crippen LogP contribution >= 0.6 is 15.9 Å². The van der Waals surface area contributed by atoms with E-state index in [1.54, 1.807) is 0 Å². The molecule has 0 radical (unpaired) electrons. The maximum absolute atomic E-state index is 6.13. The van der Waals surface area contributed by atoms with Crippen LogP contribution in [0.15, 0.2) is 0 Å². The molecule has 2 heteroatoms. The molecule has 1 nitrogen and oxygen atoms in total. The van der Waals surface area contributed by atoms with Gasteiger partial charge in [0.05, 0.1) is 11.2 Å². The molecule has 0 aromatic heterocycles. The van der Waals surface area contributed by atoms with Crippen LogP contribution in [0.3, 0.4) is 0 Å². The summed E-state index contributed by atoms with van der Waals surface area (Å²) in [4.78, 5) is 0.692. The summed E-state index contributed by atoms with van der Waals surface area (Å²) in [6.07, 6.45) is 6.32. The van der Waals surface area contributed by atoms with E-state index in [4.69, 9.17) is 4.74 Å². The summed E-state index contributed by atoms with van der Waals surface area (Å²) in [5.41, 5.74) is 0.128. The lowest BCUT2D eigenvalue weighted by molar-refractivity contribution is -0.0752. The quantitative estimate of drug-likeness (QED) is 0.653. The third-order valence-corrected chi connectivity index (χ3v) is 4.61. The van der Waals surface area contributed by atoms with Crippen molar-refractivity contribution in [2.24, 2.45) is 5.92 Å². The van der Waals surface area contributed by atoms with E-state index in [1.807, 2.05) is 0 Å². The average molecular weight is 291 g/mol. The first-order chi connectivity index (χ1) is 7.27. The third kappa shape index (κ3) is 4.03. The van der Waals surface area contributed by atoms with E-state index in [0.29, 0.717) is 10.7 Å². The maximum Gasteiger partial charge on any atom is 0.0662 e. The predicted octanol–water partition coefficient (Wildman–Crippen LogP) is 4.92. The molecule has 1 heterocycles. The van der Waals surface area contributed by atoms with Crippen molar-refractivity contribution in [3.8, 4) is 0 Å². The van der Waals surface area contributed by atoms with Crippen LogP contribution in [0.1, 0.15) is 66.7 Å². The van der Waals surface area contributed by atoms with Gasteiger partial charge in [0.2, 0.25) is 0 Å². The monoisotopic (exact) mass is 290 g/mol. The Kier molecular flexibility index (Phi) is 4.88. The van der Waals surface area contributed by atoms with E-state index in [-0.39, 0.29) is 11.2 Å². The number of halogens is 1. The van der Waals surface area contributed by atoms with Gasteiger partial charge in [0, 0.05) is 4.83 Å². The molecular weight excluding hydrogens is 264 g/mol. The molecule has 1 aliphatic heterocycles. The zero-order valence-corrected chi connectivity index (χ0v) is 13.1. The number of ether oxygens (including phenoxy) is 1. The van der Waals surface area contributed by atoms with Crippen LogP contribution in [-0.4, -0.2) is 16.0 Å². The highest BCUT2D eigenvalue weighted by Gasteiger charge is 2.45. The molecule has 0 aromatic rings. The summed E-state index contributed by atoms with van der Waals surface area (Å²) in [6.45, 7) is 11.2. The molecule has 2 atom stereocenters. The molecule has 0 amide bonds. The van der Waals surface area contributed by atoms with Crippen molar-refractivity contribution in [1.82, 2.24) is 0 Å². The van der Waals surface area contributed by atoms with Crippen molar-refractivity contribution in [3.05, 3.63) is 0 Å². The topological polar surface area (TPSA) is 9.23 Å². The molecule has 16 heavy (non-hydrogen) atoms. The van der Waals surface area contributed by atoms with E-state index < -0.39 is 0 Å². The minimum atomic E-state index is 0.0580. The lowest BCUT2D eigenvalue weighted by atomic mass is 9.83. The molecule has 0 bridgehead atoms. The fourth-order valence-electron chi connectivity index (χ4n) is 2.97. The van der Waals surface area contributed by atoms with Crippen LogP contribution in [-0.2, 0) is 4.74 Å². The molecule has 2 unspecified atom stereocenters. The Morgan fingerprint density at radius 3 is 2.31 bits per heavy atom.